The van der Waals surface area contributed by atoms with Crippen LogP contribution in [0.15, 0.2) is 18.2 Å². The second-order valence-corrected chi connectivity index (χ2v) is 6.84. The Morgan fingerprint density at radius 3 is 2.59 bits per heavy atom. The summed E-state index contributed by atoms with van der Waals surface area (Å²) in [6.45, 7) is 1.09. The van der Waals surface area contributed by atoms with Gasteiger partial charge in [-0.05, 0) is 18.6 Å². The molecule has 3 N–H and O–H groups in total. The van der Waals surface area contributed by atoms with E-state index >= 15 is 0 Å². The van der Waals surface area contributed by atoms with Gasteiger partial charge in [-0.2, -0.15) is 0 Å². The van der Waals surface area contributed by atoms with Gasteiger partial charge in [0.05, 0.1) is 17.2 Å². The number of nitrogens with one attached hydrogen (secondary N) is 3. The van der Waals surface area contributed by atoms with Crippen LogP contribution < -0.4 is 20.7 Å². The maximum absolute atomic E-state index is 12.9. The average molecular weight is 423 g/mol. The van der Waals surface area contributed by atoms with E-state index in [1.807, 2.05) is 0 Å². The molecule has 154 valence electrons. The summed E-state index contributed by atoms with van der Waals surface area (Å²) in [6.07, 6.45) is 0.119. The third kappa shape index (κ3) is 3.81. The molecule has 1 atom stereocenters. The smallest absolute Gasteiger partial charge is 0.266 e. The second kappa shape index (κ2) is 8.18. The fraction of sp³-hybridized carbons (Fsp3) is 0.389. The molecule has 0 radical (unpaired) electrons. The maximum Gasteiger partial charge on any atom is 0.266 e. The van der Waals surface area contributed by atoms with E-state index in [9.17, 15) is 24.0 Å². The van der Waals surface area contributed by atoms with Gasteiger partial charge in [-0.1, -0.05) is 6.07 Å². The summed E-state index contributed by atoms with van der Waals surface area (Å²) >= 11 is 0. The number of fused-ring (bicyclic) bond motifs is 1. The van der Waals surface area contributed by atoms with Crippen molar-refractivity contribution in [3.05, 3.63) is 29.3 Å². The number of carbonyl (C=O) groups is 5. The molecule has 3 aliphatic heterocycles. The summed E-state index contributed by atoms with van der Waals surface area (Å²) in [6, 6.07) is 3.52. The highest BCUT2D eigenvalue weighted by molar-refractivity contribution is 6.24. The highest BCUT2D eigenvalue weighted by atomic mass is 35.5. The molecule has 1 aromatic rings. The zero-order valence-corrected chi connectivity index (χ0v) is 16.0. The number of piperidine rings is 1. The van der Waals surface area contributed by atoms with Crippen LogP contribution in [0.25, 0.3) is 0 Å². The number of amides is 5. The third-order valence-electron chi connectivity index (χ3n) is 4.94. The first-order valence-corrected chi connectivity index (χ1v) is 8.93. The van der Waals surface area contributed by atoms with E-state index in [0.29, 0.717) is 13.1 Å². The first kappa shape index (κ1) is 20.7. The van der Waals surface area contributed by atoms with E-state index < -0.39 is 29.7 Å². The number of rotatable bonds is 5. The lowest BCUT2D eigenvalue weighted by molar-refractivity contribution is -0.136. The fourth-order valence-electron chi connectivity index (χ4n) is 3.41. The van der Waals surface area contributed by atoms with E-state index in [1.165, 1.54) is 12.1 Å². The summed E-state index contributed by atoms with van der Waals surface area (Å²) in [5.41, 5.74) is 0.131. The summed E-state index contributed by atoms with van der Waals surface area (Å²) < 4.78 is 5.49. The van der Waals surface area contributed by atoms with E-state index in [2.05, 4.69) is 16.0 Å². The van der Waals surface area contributed by atoms with Crippen LogP contribution in [0.1, 0.15) is 33.6 Å². The molecule has 2 fully saturated rings. The van der Waals surface area contributed by atoms with Crippen molar-refractivity contribution in [2.75, 3.05) is 19.7 Å². The van der Waals surface area contributed by atoms with Gasteiger partial charge in [0, 0.05) is 19.5 Å². The Bertz CT molecular complexity index is 900. The molecule has 1 aromatic carbocycles. The minimum Gasteiger partial charge on any atom is -0.483 e. The highest BCUT2D eigenvalue weighted by Crippen LogP contribution is 2.33. The molecule has 2 saturated heterocycles. The Morgan fingerprint density at radius 2 is 1.93 bits per heavy atom. The summed E-state index contributed by atoms with van der Waals surface area (Å²) in [4.78, 5) is 61.8. The molecule has 10 nitrogen and oxygen atoms in total. The van der Waals surface area contributed by atoms with Gasteiger partial charge in [0.2, 0.25) is 11.8 Å². The van der Waals surface area contributed by atoms with Crippen LogP contribution in [-0.2, 0) is 14.4 Å². The molecule has 11 heteroatoms. The summed E-state index contributed by atoms with van der Waals surface area (Å²) in [7, 11) is 0. The lowest BCUT2D eigenvalue weighted by Crippen LogP contribution is -2.57. The Kier molecular flexibility index (Phi) is 5.85. The number of hydrogen-bond acceptors (Lipinski definition) is 7. The predicted molar refractivity (Wildman–Crippen MR) is 101 cm³/mol. The topological polar surface area (TPSA) is 134 Å². The molecule has 0 aromatic heterocycles. The van der Waals surface area contributed by atoms with Gasteiger partial charge in [-0.3, -0.25) is 34.2 Å². The highest BCUT2D eigenvalue weighted by Gasteiger charge is 2.46. The number of ether oxygens (including phenoxy) is 1. The lowest BCUT2D eigenvalue weighted by Gasteiger charge is -2.28. The molecule has 3 heterocycles. The average Bonchev–Trinajstić information content (AvgIpc) is 2.88. The van der Waals surface area contributed by atoms with Crippen LogP contribution in [0.5, 0.6) is 5.75 Å². The molecule has 4 rings (SSSR count). The van der Waals surface area contributed by atoms with Gasteiger partial charge >= 0.3 is 0 Å². The van der Waals surface area contributed by atoms with Crippen LogP contribution in [-0.4, -0.2) is 66.2 Å². The van der Waals surface area contributed by atoms with Gasteiger partial charge in [0.25, 0.3) is 17.7 Å². The molecule has 5 amide bonds. The minimum absolute atomic E-state index is 0. The van der Waals surface area contributed by atoms with E-state index in [0.717, 1.165) is 4.90 Å². The molecular weight excluding hydrogens is 404 g/mol. The van der Waals surface area contributed by atoms with Crippen molar-refractivity contribution in [1.29, 1.82) is 0 Å². The number of hydrogen-bond donors (Lipinski definition) is 3. The zero-order valence-electron chi connectivity index (χ0n) is 15.2. The summed E-state index contributed by atoms with van der Waals surface area (Å²) in [5.74, 6) is -2.63. The number of benzene rings is 1. The van der Waals surface area contributed by atoms with Crippen molar-refractivity contribution in [2.45, 2.75) is 24.9 Å². The molecule has 3 aliphatic rings. The van der Waals surface area contributed by atoms with E-state index in [-0.39, 0.29) is 60.7 Å². The summed E-state index contributed by atoms with van der Waals surface area (Å²) in [5, 5.41) is 7.95. The number of nitrogens with zero attached hydrogens (tertiary/aromatic N) is 1. The molecule has 0 spiro atoms. The van der Waals surface area contributed by atoms with Crippen LogP contribution in [0.3, 0.4) is 0 Å². The van der Waals surface area contributed by atoms with Gasteiger partial charge in [-0.15, -0.1) is 12.4 Å². The van der Waals surface area contributed by atoms with Crippen LogP contribution >= 0.6 is 12.4 Å². The van der Waals surface area contributed by atoms with Crippen molar-refractivity contribution >= 4 is 41.9 Å². The lowest BCUT2D eigenvalue weighted by atomic mass is 10.0. The standard InChI is InChI=1S/C18H18N4O6.ClH/c23-13-5-4-11(16(25)21-13)22-17(26)10-2-1-3-12(15(10)18(22)27)28-8-14(24)20-9-6-19-7-9;/h1-3,9,11,19H,4-8H2,(H,20,24)(H,21,23,25);1H. The molecule has 0 bridgehead atoms. The normalized spacial score (nSPS) is 21.1. The van der Waals surface area contributed by atoms with Crippen molar-refractivity contribution in [3.63, 3.8) is 0 Å². The van der Waals surface area contributed by atoms with E-state index in [1.54, 1.807) is 6.07 Å². The number of carbonyl (C=O) groups excluding carboxylic acids is 5. The first-order valence-electron chi connectivity index (χ1n) is 8.93. The first-order chi connectivity index (χ1) is 13.5. The van der Waals surface area contributed by atoms with Crippen LogP contribution in [0, 0.1) is 0 Å². The maximum atomic E-state index is 12.9. The zero-order chi connectivity index (χ0) is 19.8. The molecule has 0 aliphatic carbocycles. The predicted octanol–water partition coefficient (Wildman–Crippen LogP) is -1.02. The Balaban J connectivity index is 0.00000240. The molecule has 0 saturated carbocycles. The quantitative estimate of drug-likeness (QED) is 0.517. The molecule has 1 unspecified atom stereocenters. The molecule has 29 heavy (non-hydrogen) atoms. The van der Waals surface area contributed by atoms with Crippen molar-refractivity contribution < 1.29 is 28.7 Å². The Labute approximate surface area is 171 Å². The largest absolute Gasteiger partial charge is 0.483 e. The number of imide groups is 2. The van der Waals surface area contributed by atoms with Crippen LogP contribution in [0.2, 0.25) is 0 Å². The van der Waals surface area contributed by atoms with Gasteiger partial charge < -0.3 is 15.4 Å². The van der Waals surface area contributed by atoms with Crippen LogP contribution in [0.4, 0.5) is 0 Å². The second-order valence-electron chi connectivity index (χ2n) is 6.84. The minimum atomic E-state index is -1.05. The monoisotopic (exact) mass is 422 g/mol. The van der Waals surface area contributed by atoms with Crippen molar-refractivity contribution in [1.82, 2.24) is 20.9 Å². The van der Waals surface area contributed by atoms with E-state index in [4.69, 9.17) is 4.74 Å². The van der Waals surface area contributed by atoms with Gasteiger partial charge in [-0.25, -0.2) is 0 Å². The van der Waals surface area contributed by atoms with Crippen molar-refractivity contribution in [3.8, 4) is 5.75 Å². The Morgan fingerprint density at radius 1 is 1.17 bits per heavy atom. The third-order valence-corrected chi connectivity index (χ3v) is 4.94. The SMILES string of the molecule is Cl.O=C1CCC(N2C(=O)c3cccc(OCC(=O)NC4CNC4)c3C2=O)C(=O)N1. The van der Waals surface area contributed by atoms with Crippen molar-refractivity contribution in [2.24, 2.45) is 0 Å². The number of halogens is 1. The molecular formula is C18H19ClN4O6. The van der Waals surface area contributed by atoms with Gasteiger partial charge in [0.1, 0.15) is 11.8 Å². The van der Waals surface area contributed by atoms with Gasteiger partial charge in [0.15, 0.2) is 6.61 Å². The fourth-order valence-corrected chi connectivity index (χ4v) is 3.41. The Hall–Kier alpha value is -2.98.